The molecule has 2 aromatic carbocycles. The number of benzene rings is 2. The molecule has 1 aliphatic carbocycles. The Labute approximate surface area is 201 Å². The molecule has 1 heterocycles. The minimum atomic E-state index is -0.542. The van der Waals surface area contributed by atoms with E-state index in [9.17, 15) is 9.90 Å². The molecule has 2 aromatic rings. The van der Waals surface area contributed by atoms with Crippen LogP contribution >= 0.6 is 23.2 Å². The maximum Gasteiger partial charge on any atom is 0.229 e. The molecule has 3 unspecified atom stereocenters. The number of rotatable bonds is 8. The number of halogens is 2. The Morgan fingerprint density at radius 3 is 2.44 bits per heavy atom. The summed E-state index contributed by atoms with van der Waals surface area (Å²) in [5.41, 5.74) is 1.61. The van der Waals surface area contributed by atoms with Crippen molar-refractivity contribution in [1.82, 2.24) is 4.90 Å². The largest absolute Gasteiger partial charge is 0.394 e. The number of aliphatic hydroxyl groups excluding tert-OH is 1. The van der Waals surface area contributed by atoms with Gasteiger partial charge >= 0.3 is 0 Å². The van der Waals surface area contributed by atoms with E-state index in [2.05, 4.69) is 19.6 Å². The summed E-state index contributed by atoms with van der Waals surface area (Å²) in [7, 11) is 0. The molecule has 1 aliphatic heterocycles. The number of carbonyl (C=O) groups excluding carboxylic acids is 1. The van der Waals surface area contributed by atoms with E-state index in [0.717, 1.165) is 30.4 Å². The third-order valence-corrected chi connectivity index (χ3v) is 7.88. The average molecular weight is 472 g/mol. The van der Waals surface area contributed by atoms with Crippen molar-refractivity contribution in [2.45, 2.75) is 57.0 Å². The van der Waals surface area contributed by atoms with Crippen molar-refractivity contribution < 1.29 is 9.90 Å². The van der Waals surface area contributed by atoms with Crippen molar-refractivity contribution in [3.63, 3.8) is 0 Å². The van der Waals surface area contributed by atoms with Crippen LogP contribution in [0.3, 0.4) is 0 Å². The molecule has 3 nitrogen and oxygen atoms in total. The molecule has 0 radical (unpaired) electrons. The minimum absolute atomic E-state index is 0.0311. The molecule has 1 amide bonds. The van der Waals surface area contributed by atoms with Gasteiger partial charge in [0.1, 0.15) is 0 Å². The molecule has 2 aliphatic rings. The summed E-state index contributed by atoms with van der Waals surface area (Å²) < 4.78 is 0. The number of amides is 1. The SMILES string of the molecule is C=CCC1(CC)CC(c2cccc(Cl)c2)C(c2ccc(Cl)cc2)N([C@H](CO)C2CC2)C1=O. The molecule has 1 saturated carbocycles. The zero-order chi connectivity index (χ0) is 22.9. The zero-order valence-corrected chi connectivity index (χ0v) is 20.0. The van der Waals surface area contributed by atoms with E-state index >= 15 is 0 Å². The van der Waals surface area contributed by atoms with Crippen LogP contribution in [-0.4, -0.2) is 28.6 Å². The lowest BCUT2D eigenvalue weighted by molar-refractivity contribution is -0.158. The van der Waals surface area contributed by atoms with Crippen molar-refractivity contribution in [3.05, 3.63) is 82.4 Å². The van der Waals surface area contributed by atoms with Crippen LogP contribution < -0.4 is 0 Å². The number of hydrogen-bond acceptors (Lipinski definition) is 2. The smallest absolute Gasteiger partial charge is 0.229 e. The normalized spacial score (nSPS) is 26.8. The number of hydrogen-bond donors (Lipinski definition) is 1. The first kappa shape index (κ1) is 23.4. The van der Waals surface area contributed by atoms with Gasteiger partial charge in [-0.25, -0.2) is 0 Å². The minimum Gasteiger partial charge on any atom is -0.394 e. The molecule has 0 spiro atoms. The molecule has 5 heteroatoms. The van der Waals surface area contributed by atoms with Crippen LogP contribution in [0.15, 0.2) is 61.2 Å². The van der Waals surface area contributed by atoms with Crippen LogP contribution in [0.25, 0.3) is 0 Å². The van der Waals surface area contributed by atoms with Crippen molar-refractivity contribution in [1.29, 1.82) is 0 Å². The fourth-order valence-electron chi connectivity index (χ4n) is 5.49. The number of aliphatic hydroxyl groups is 1. The van der Waals surface area contributed by atoms with E-state index in [1.54, 1.807) is 0 Å². The van der Waals surface area contributed by atoms with Crippen molar-refractivity contribution in [2.24, 2.45) is 11.3 Å². The van der Waals surface area contributed by atoms with Crippen LogP contribution in [0.4, 0.5) is 0 Å². The number of piperidine rings is 1. The third kappa shape index (κ3) is 4.35. The molecular weight excluding hydrogens is 441 g/mol. The molecule has 4 atom stereocenters. The van der Waals surface area contributed by atoms with E-state index in [1.807, 2.05) is 53.4 Å². The molecule has 2 fully saturated rings. The van der Waals surface area contributed by atoms with E-state index in [1.165, 1.54) is 0 Å². The number of nitrogens with zero attached hydrogens (tertiary/aromatic N) is 1. The molecule has 4 rings (SSSR count). The summed E-state index contributed by atoms with van der Waals surface area (Å²) in [6.45, 7) is 6.02. The quantitative estimate of drug-likeness (QED) is 0.430. The highest BCUT2D eigenvalue weighted by Gasteiger charge is 2.54. The topological polar surface area (TPSA) is 40.5 Å². The Kier molecular flexibility index (Phi) is 7.00. The van der Waals surface area contributed by atoms with Gasteiger partial charge in [0.2, 0.25) is 5.91 Å². The van der Waals surface area contributed by atoms with Crippen LogP contribution in [0.2, 0.25) is 10.0 Å². The fourth-order valence-corrected chi connectivity index (χ4v) is 5.82. The lowest BCUT2D eigenvalue weighted by Gasteiger charge is -2.53. The highest BCUT2D eigenvalue weighted by molar-refractivity contribution is 6.30. The van der Waals surface area contributed by atoms with Gasteiger partial charge < -0.3 is 10.0 Å². The first-order valence-corrected chi connectivity index (χ1v) is 12.2. The molecule has 32 heavy (non-hydrogen) atoms. The number of allylic oxidation sites excluding steroid dienone is 1. The summed E-state index contributed by atoms with van der Waals surface area (Å²) >= 11 is 12.6. The second kappa shape index (κ2) is 9.59. The Balaban J connectivity index is 1.91. The van der Waals surface area contributed by atoms with Gasteiger partial charge in [0, 0.05) is 16.0 Å². The highest BCUT2D eigenvalue weighted by Crippen LogP contribution is 2.55. The van der Waals surface area contributed by atoms with E-state index in [0.29, 0.717) is 28.8 Å². The number of carbonyl (C=O) groups is 1. The van der Waals surface area contributed by atoms with Gasteiger partial charge in [-0.15, -0.1) is 6.58 Å². The zero-order valence-electron chi connectivity index (χ0n) is 18.5. The first-order chi connectivity index (χ1) is 15.4. The summed E-state index contributed by atoms with van der Waals surface area (Å²) in [4.78, 5) is 16.2. The van der Waals surface area contributed by atoms with Crippen molar-refractivity contribution >= 4 is 29.1 Å². The van der Waals surface area contributed by atoms with Gasteiger partial charge in [-0.1, -0.05) is 60.5 Å². The summed E-state index contributed by atoms with van der Waals surface area (Å²) in [5, 5.41) is 11.8. The Hall–Kier alpha value is -1.81. The number of likely N-dealkylation sites (tertiary alicyclic amines) is 1. The second-order valence-electron chi connectivity index (χ2n) is 9.29. The van der Waals surface area contributed by atoms with Crippen LogP contribution in [0.1, 0.15) is 62.1 Å². The lowest BCUT2D eigenvalue weighted by atomic mass is 9.65. The predicted molar refractivity (Wildman–Crippen MR) is 131 cm³/mol. The molecular formula is C27H31Cl2NO2. The van der Waals surface area contributed by atoms with Gasteiger partial charge in [0.15, 0.2) is 0 Å². The Morgan fingerprint density at radius 1 is 1.16 bits per heavy atom. The molecule has 170 valence electrons. The summed E-state index contributed by atoms with van der Waals surface area (Å²) in [5.74, 6) is 0.513. The first-order valence-electron chi connectivity index (χ1n) is 11.5. The van der Waals surface area contributed by atoms with E-state index in [-0.39, 0.29) is 30.5 Å². The monoisotopic (exact) mass is 471 g/mol. The molecule has 1 N–H and O–H groups in total. The van der Waals surface area contributed by atoms with Crippen LogP contribution in [-0.2, 0) is 4.79 Å². The van der Waals surface area contributed by atoms with E-state index < -0.39 is 5.41 Å². The van der Waals surface area contributed by atoms with Gasteiger partial charge in [-0.2, -0.15) is 0 Å². The van der Waals surface area contributed by atoms with Crippen LogP contribution in [0.5, 0.6) is 0 Å². The standard InChI is InChI=1S/C27H31Cl2NO2/c1-3-14-27(4-2)16-23(20-6-5-7-22(29)15-20)25(19-10-12-21(28)13-11-19)30(26(27)32)24(17-31)18-8-9-18/h3,5-7,10-13,15,18,23-25,31H,1,4,8-9,14,16-17H2,2H3/t23?,24-,25?,27?/m1/s1. The van der Waals surface area contributed by atoms with E-state index in [4.69, 9.17) is 23.2 Å². The maximum absolute atomic E-state index is 14.2. The predicted octanol–water partition coefficient (Wildman–Crippen LogP) is 6.79. The molecule has 1 saturated heterocycles. The second-order valence-corrected chi connectivity index (χ2v) is 10.2. The Morgan fingerprint density at radius 2 is 1.88 bits per heavy atom. The molecule has 0 bridgehead atoms. The summed E-state index contributed by atoms with van der Waals surface area (Å²) in [6.07, 6.45) is 6.01. The molecule has 0 aromatic heterocycles. The van der Waals surface area contributed by atoms with Gasteiger partial charge in [-0.3, -0.25) is 4.79 Å². The third-order valence-electron chi connectivity index (χ3n) is 7.39. The summed E-state index contributed by atoms with van der Waals surface area (Å²) in [6, 6.07) is 15.4. The van der Waals surface area contributed by atoms with Crippen molar-refractivity contribution in [3.8, 4) is 0 Å². The van der Waals surface area contributed by atoms with Crippen LogP contribution in [0, 0.1) is 11.3 Å². The van der Waals surface area contributed by atoms with Gasteiger partial charge in [-0.05, 0) is 73.4 Å². The van der Waals surface area contributed by atoms with Crippen molar-refractivity contribution in [2.75, 3.05) is 6.61 Å². The highest BCUT2D eigenvalue weighted by atomic mass is 35.5. The maximum atomic E-state index is 14.2. The fraction of sp³-hybridized carbons (Fsp3) is 0.444. The average Bonchev–Trinajstić information content (AvgIpc) is 3.63. The van der Waals surface area contributed by atoms with Gasteiger partial charge in [0.05, 0.1) is 24.1 Å². The van der Waals surface area contributed by atoms with Gasteiger partial charge in [0.25, 0.3) is 0 Å². The lowest BCUT2D eigenvalue weighted by Crippen LogP contribution is -2.57. The Bertz CT molecular complexity index is 972.